The number of anilines is 1. The molecule has 2 fully saturated rings. The fourth-order valence-electron chi connectivity index (χ4n) is 5.18. The van der Waals surface area contributed by atoms with Crippen molar-refractivity contribution < 1.29 is 10.1 Å². The van der Waals surface area contributed by atoms with Crippen molar-refractivity contribution in [2.45, 2.75) is 52.2 Å². The molecule has 2 aliphatic rings. The highest BCUT2D eigenvalue weighted by atomic mass is 32.1. The number of hydrogen-bond acceptors (Lipinski definition) is 7. The lowest BCUT2D eigenvalue weighted by atomic mass is 9.75. The summed E-state index contributed by atoms with van der Waals surface area (Å²) >= 11 is 1.59. The Hall–Kier alpha value is -2.32. The van der Waals surface area contributed by atoms with Gasteiger partial charge in [-0.1, -0.05) is 49.4 Å². The van der Waals surface area contributed by atoms with Crippen molar-refractivity contribution in [3.05, 3.63) is 54.1 Å². The lowest BCUT2D eigenvalue weighted by Crippen LogP contribution is -2.51. The molecule has 2 heterocycles. The van der Waals surface area contributed by atoms with Crippen LogP contribution in [0.5, 0.6) is 0 Å². The van der Waals surface area contributed by atoms with Crippen LogP contribution in [0.25, 0.3) is 21.1 Å². The zero-order chi connectivity index (χ0) is 23.5. The summed E-state index contributed by atoms with van der Waals surface area (Å²) in [7, 11) is 0. The quantitative estimate of drug-likeness (QED) is 0.349. The molecule has 1 saturated carbocycles. The zero-order valence-electron chi connectivity index (χ0n) is 20.1. The van der Waals surface area contributed by atoms with E-state index in [1.165, 1.54) is 31.4 Å². The van der Waals surface area contributed by atoms with Gasteiger partial charge < -0.3 is 4.90 Å². The van der Waals surface area contributed by atoms with E-state index in [1.54, 1.807) is 11.3 Å². The van der Waals surface area contributed by atoms with E-state index in [1.807, 2.05) is 24.3 Å². The summed E-state index contributed by atoms with van der Waals surface area (Å²) in [6.07, 6.45) is 5.42. The maximum atomic E-state index is 8.59. The largest absolute Gasteiger partial charge is 0.369 e. The molecule has 0 bridgehead atoms. The Morgan fingerprint density at radius 3 is 2.00 bits per heavy atom. The van der Waals surface area contributed by atoms with Gasteiger partial charge in [0.05, 0.1) is 0 Å². The SMILES string of the molecule is CC1(C)CCC(N2CCN(c3ccc(-c4nnc(-c5ccc(COO)cc5)s4)cc3)CC2)CC1. The van der Waals surface area contributed by atoms with Gasteiger partial charge in [0.2, 0.25) is 0 Å². The number of nitrogens with zero attached hydrogens (tertiary/aromatic N) is 4. The van der Waals surface area contributed by atoms with Crippen LogP contribution in [0.3, 0.4) is 0 Å². The molecular formula is C27H34N4O2S. The predicted octanol–water partition coefficient (Wildman–Crippen LogP) is 5.95. The fourth-order valence-corrected chi connectivity index (χ4v) is 6.04. The fraction of sp³-hybridized carbons (Fsp3) is 0.481. The van der Waals surface area contributed by atoms with Gasteiger partial charge in [-0.25, -0.2) is 4.89 Å². The van der Waals surface area contributed by atoms with Gasteiger partial charge in [0.1, 0.15) is 16.6 Å². The first-order valence-corrected chi connectivity index (χ1v) is 13.1. The van der Waals surface area contributed by atoms with Gasteiger partial charge in [-0.15, -0.1) is 10.2 Å². The first-order chi connectivity index (χ1) is 16.5. The second-order valence-electron chi connectivity index (χ2n) is 10.3. The highest BCUT2D eigenvalue weighted by molar-refractivity contribution is 7.17. The maximum absolute atomic E-state index is 8.59. The highest BCUT2D eigenvalue weighted by Crippen LogP contribution is 2.37. The maximum Gasteiger partial charge on any atom is 0.148 e. The van der Waals surface area contributed by atoms with Crippen molar-refractivity contribution in [2.75, 3.05) is 31.1 Å². The normalized spacial score (nSPS) is 19.4. The molecule has 0 spiro atoms. The second kappa shape index (κ2) is 10.1. The van der Waals surface area contributed by atoms with Crippen molar-refractivity contribution in [2.24, 2.45) is 5.41 Å². The summed E-state index contributed by atoms with van der Waals surface area (Å²) in [5.41, 5.74) is 4.85. The Kier molecular flexibility index (Phi) is 6.97. The van der Waals surface area contributed by atoms with Gasteiger partial charge in [0.15, 0.2) is 0 Å². The Bertz CT molecular complexity index is 1060. The van der Waals surface area contributed by atoms with E-state index in [4.69, 9.17) is 5.26 Å². The molecule has 0 atom stereocenters. The molecule has 3 aromatic rings. The lowest BCUT2D eigenvalue weighted by Gasteiger charge is -2.44. The molecule has 1 aliphatic carbocycles. The molecule has 0 amide bonds. The van der Waals surface area contributed by atoms with E-state index in [0.717, 1.165) is 58.9 Å². The number of hydrogen-bond donors (Lipinski definition) is 1. The summed E-state index contributed by atoms with van der Waals surface area (Å²) in [5.74, 6) is 0. The van der Waals surface area contributed by atoms with Crippen LogP contribution in [0, 0.1) is 5.41 Å². The van der Waals surface area contributed by atoms with Crippen LogP contribution < -0.4 is 4.90 Å². The molecule has 0 radical (unpaired) electrons. The van der Waals surface area contributed by atoms with E-state index >= 15 is 0 Å². The van der Waals surface area contributed by atoms with Crippen LogP contribution >= 0.6 is 11.3 Å². The molecule has 1 N–H and O–H groups in total. The average Bonchev–Trinajstić information content (AvgIpc) is 3.35. The Labute approximate surface area is 206 Å². The summed E-state index contributed by atoms with van der Waals surface area (Å²) in [6, 6.07) is 17.4. The van der Waals surface area contributed by atoms with Crippen molar-refractivity contribution in [3.8, 4) is 21.1 Å². The summed E-state index contributed by atoms with van der Waals surface area (Å²) < 4.78 is 0. The van der Waals surface area contributed by atoms with Gasteiger partial charge in [0, 0.05) is 49.0 Å². The number of rotatable bonds is 6. The van der Waals surface area contributed by atoms with E-state index in [0.29, 0.717) is 5.41 Å². The van der Waals surface area contributed by atoms with E-state index in [2.05, 4.69) is 63.0 Å². The second-order valence-corrected chi connectivity index (χ2v) is 11.3. The third-order valence-electron chi connectivity index (χ3n) is 7.48. The minimum atomic E-state index is 0.183. The van der Waals surface area contributed by atoms with Gasteiger partial charge in [0.25, 0.3) is 0 Å². The molecule has 5 rings (SSSR count). The van der Waals surface area contributed by atoms with E-state index in [9.17, 15) is 0 Å². The molecule has 6 nitrogen and oxygen atoms in total. The van der Waals surface area contributed by atoms with Gasteiger partial charge in [-0.2, -0.15) is 0 Å². The van der Waals surface area contributed by atoms with Crippen LogP contribution in [0.2, 0.25) is 0 Å². The monoisotopic (exact) mass is 478 g/mol. The Morgan fingerprint density at radius 2 is 1.44 bits per heavy atom. The summed E-state index contributed by atoms with van der Waals surface area (Å²) in [6.45, 7) is 9.53. The molecule has 1 aromatic heterocycles. The smallest absolute Gasteiger partial charge is 0.148 e. The Balaban J connectivity index is 1.18. The zero-order valence-corrected chi connectivity index (χ0v) is 20.9. The topological polar surface area (TPSA) is 61.7 Å². The van der Waals surface area contributed by atoms with Crippen LogP contribution in [0.4, 0.5) is 5.69 Å². The van der Waals surface area contributed by atoms with Crippen LogP contribution in [0.1, 0.15) is 45.1 Å². The highest BCUT2D eigenvalue weighted by Gasteiger charge is 2.31. The minimum absolute atomic E-state index is 0.183. The molecule has 0 unspecified atom stereocenters. The van der Waals surface area contributed by atoms with Gasteiger partial charge >= 0.3 is 0 Å². The summed E-state index contributed by atoms with van der Waals surface area (Å²) in [4.78, 5) is 9.44. The predicted molar refractivity (Wildman–Crippen MR) is 138 cm³/mol. The van der Waals surface area contributed by atoms with Crippen LogP contribution in [-0.2, 0) is 11.5 Å². The van der Waals surface area contributed by atoms with Crippen LogP contribution in [0.15, 0.2) is 48.5 Å². The number of benzene rings is 2. The summed E-state index contributed by atoms with van der Waals surface area (Å²) in [5, 5.41) is 19.2. The first kappa shape index (κ1) is 23.4. The molecule has 7 heteroatoms. The number of piperazine rings is 1. The molecule has 180 valence electrons. The van der Waals surface area contributed by atoms with Crippen molar-refractivity contribution in [3.63, 3.8) is 0 Å². The average molecular weight is 479 g/mol. The van der Waals surface area contributed by atoms with Crippen LogP contribution in [-0.4, -0.2) is 52.6 Å². The standard InChI is InChI=1S/C27H34N4O2S/c1-27(2)13-11-24(12-14-27)31-17-15-30(16-18-31)23-9-7-22(8-10-23)26-29-28-25(34-26)21-5-3-20(4-6-21)19-33-32/h3-10,24,32H,11-19H2,1-2H3. The first-order valence-electron chi connectivity index (χ1n) is 12.3. The van der Waals surface area contributed by atoms with Gasteiger partial charge in [-0.05, 0) is 60.9 Å². The van der Waals surface area contributed by atoms with Crippen molar-refractivity contribution in [1.29, 1.82) is 0 Å². The van der Waals surface area contributed by atoms with Crippen molar-refractivity contribution in [1.82, 2.24) is 15.1 Å². The van der Waals surface area contributed by atoms with E-state index in [-0.39, 0.29) is 6.61 Å². The van der Waals surface area contributed by atoms with E-state index < -0.39 is 0 Å². The van der Waals surface area contributed by atoms with Crippen molar-refractivity contribution >= 4 is 17.0 Å². The molecule has 1 saturated heterocycles. The molecular weight excluding hydrogens is 444 g/mol. The third-order valence-corrected chi connectivity index (χ3v) is 8.50. The lowest BCUT2D eigenvalue weighted by molar-refractivity contribution is -0.253. The van der Waals surface area contributed by atoms with Gasteiger partial charge in [-0.3, -0.25) is 10.2 Å². The minimum Gasteiger partial charge on any atom is -0.369 e. The molecule has 34 heavy (non-hydrogen) atoms. The molecule has 1 aliphatic heterocycles. The number of aromatic nitrogens is 2. The molecule has 2 aromatic carbocycles. The Morgan fingerprint density at radius 1 is 0.882 bits per heavy atom. The third kappa shape index (κ3) is 5.33.